The van der Waals surface area contributed by atoms with E-state index in [1.54, 1.807) is 13.2 Å². The summed E-state index contributed by atoms with van der Waals surface area (Å²) in [6.07, 6.45) is -4.08. The van der Waals surface area contributed by atoms with Crippen molar-refractivity contribution in [1.82, 2.24) is 0 Å². The molecule has 0 heterocycles. The highest BCUT2D eigenvalue weighted by Crippen LogP contribution is 2.24. The van der Waals surface area contributed by atoms with Crippen molar-refractivity contribution < 1.29 is 27.4 Å². The van der Waals surface area contributed by atoms with E-state index in [1.807, 2.05) is 18.2 Å². The van der Waals surface area contributed by atoms with Crippen LogP contribution in [0.25, 0.3) is 0 Å². The summed E-state index contributed by atoms with van der Waals surface area (Å²) in [5, 5.41) is 2.79. The first-order chi connectivity index (χ1) is 12.9. The Morgan fingerprint density at radius 1 is 1.07 bits per heavy atom. The minimum atomic E-state index is -4.72. The summed E-state index contributed by atoms with van der Waals surface area (Å²) in [4.78, 5) is 4.13. The maximum Gasteiger partial charge on any atom is 0.573 e. The van der Waals surface area contributed by atoms with Crippen LogP contribution in [0.3, 0.4) is 0 Å². The Hall–Kier alpha value is -2.37. The molecule has 0 aliphatic rings. The number of nitrogens with zero attached hydrogens (tertiary/aromatic N) is 1. The van der Waals surface area contributed by atoms with Gasteiger partial charge in [-0.15, -0.1) is 37.1 Å². The average molecular weight is 511 g/mol. The van der Waals surface area contributed by atoms with Gasteiger partial charge in [-0.3, -0.25) is 4.99 Å². The van der Waals surface area contributed by atoms with E-state index < -0.39 is 6.36 Å². The molecule has 0 atom stereocenters. The van der Waals surface area contributed by atoms with Crippen molar-refractivity contribution in [3.8, 4) is 17.2 Å². The lowest BCUT2D eigenvalue weighted by molar-refractivity contribution is -0.274. The lowest BCUT2D eigenvalue weighted by atomic mass is 10.3. The largest absolute Gasteiger partial charge is 0.573 e. The number of aliphatic imine (C=N–C) groups is 1. The number of benzene rings is 2. The first-order valence-electron chi connectivity index (χ1n) is 8.05. The maximum atomic E-state index is 12.1. The van der Waals surface area contributed by atoms with Gasteiger partial charge in [-0.25, -0.2) is 0 Å². The molecule has 0 radical (unpaired) electrons. The fourth-order valence-corrected chi connectivity index (χ4v) is 2.07. The number of hydrogen-bond acceptors (Lipinski definition) is 4. The van der Waals surface area contributed by atoms with Crippen LogP contribution in [0.4, 0.5) is 18.9 Å². The molecular weight excluding hydrogens is 490 g/mol. The fourth-order valence-electron chi connectivity index (χ4n) is 2.07. The topological polar surface area (TPSA) is 78.1 Å². The molecule has 0 amide bonds. The predicted octanol–water partition coefficient (Wildman–Crippen LogP) is 4.41. The molecule has 0 saturated heterocycles. The Kier molecular flexibility index (Phi) is 9.69. The number of anilines is 1. The van der Waals surface area contributed by atoms with E-state index in [1.165, 1.54) is 24.3 Å². The standard InChI is InChI=1S/C18H20F3N3O3.HI/c1-25-15-4-2-5-16(12-15)26-11-3-10-23-17(22)24-13-6-8-14(9-7-13)27-18(19,20)21;/h2,4-9,12H,3,10-11H2,1H3,(H3,22,23,24);1H. The molecular formula is C18H21F3IN3O3. The van der Waals surface area contributed by atoms with Gasteiger partial charge >= 0.3 is 6.36 Å². The second kappa shape index (κ2) is 11.5. The highest BCUT2D eigenvalue weighted by Gasteiger charge is 2.30. The molecule has 0 aromatic heterocycles. The lowest BCUT2D eigenvalue weighted by Gasteiger charge is -2.10. The van der Waals surface area contributed by atoms with Gasteiger partial charge in [0, 0.05) is 24.7 Å². The molecule has 0 aliphatic carbocycles. The van der Waals surface area contributed by atoms with Crippen LogP contribution >= 0.6 is 24.0 Å². The van der Waals surface area contributed by atoms with Gasteiger partial charge in [0.05, 0.1) is 13.7 Å². The summed E-state index contributed by atoms with van der Waals surface area (Å²) in [6.45, 7) is 0.880. The first kappa shape index (κ1) is 23.7. The van der Waals surface area contributed by atoms with Gasteiger partial charge in [0.15, 0.2) is 5.96 Å². The molecule has 2 aromatic rings. The van der Waals surface area contributed by atoms with E-state index in [0.29, 0.717) is 36.8 Å². The zero-order chi connectivity index (χ0) is 19.7. The van der Waals surface area contributed by atoms with Crippen molar-refractivity contribution in [1.29, 1.82) is 0 Å². The van der Waals surface area contributed by atoms with Crippen molar-refractivity contribution >= 4 is 35.6 Å². The van der Waals surface area contributed by atoms with Gasteiger partial charge in [0.1, 0.15) is 17.2 Å². The quantitative estimate of drug-likeness (QED) is 0.238. The summed E-state index contributed by atoms with van der Waals surface area (Å²) in [7, 11) is 1.58. The number of alkyl halides is 3. The van der Waals surface area contributed by atoms with Gasteiger partial charge < -0.3 is 25.3 Å². The van der Waals surface area contributed by atoms with E-state index in [4.69, 9.17) is 15.2 Å². The third kappa shape index (κ3) is 9.02. The zero-order valence-corrected chi connectivity index (χ0v) is 17.4. The first-order valence-corrected chi connectivity index (χ1v) is 8.05. The van der Waals surface area contributed by atoms with Crippen molar-refractivity contribution in [3.05, 3.63) is 48.5 Å². The number of methoxy groups -OCH3 is 1. The molecule has 0 unspecified atom stereocenters. The van der Waals surface area contributed by atoms with Crippen LogP contribution in [-0.4, -0.2) is 32.6 Å². The number of guanidine groups is 1. The smallest absolute Gasteiger partial charge is 0.497 e. The number of halogens is 4. The van der Waals surface area contributed by atoms with Crippen LogP contribution in [0.15, 0.2) is 53.5 Å². The SMILES string of the molecule is COc1cccc(OCCCN=C(N)Nc2ccc(OC(F)(F)F)cc2)c1.I. The van der Waals surface area contributed by atoms with E-state index in [2.05, 4.69) is 15.0 Å². The number of rotatable bonds is 8. The molecule has 0 spiro atoms. The molecule has 0 bridgehead atoms. The second-order valence-corrected chi connectivity index (χ2v) is 5.35. The Morgan fingerprint density at radius 2 is 1.75 bits per heavy atom. The molecule has 28 heavy (non-hydrogen) atoms. The highest BCUT2D eigenvalue weighted by atomic mass is 127. The third-order valence-electron chi connectivity index (χ3n) is 3.25. The number of nitrogens with one attached hydrogen (secondary N) is 1. The fraction of sp³-hybridized carbons (Fsp3) is 0.278. The summed E-state index contributed by atoms with van der Waals surface area (Å²) >= 11 is 0. The Morgan fingerprint density at radius 3 is 2.39 bits per heavy atom. The van der Waals surface area contributed by atoms with Crippen molar-refractivity contribution in [2.75, 3.05) is 25.6 Å². The Labute approximate surface area is 177 Å². The van der Waals surface area contributed by atoms with Crippen LogP contribution in [0.5, 0.6) is 17.2 Å². The molecule has 6 nitrogen and oxygen atoms in total. The highest BCUT2D eigenvalue weighted by molar-refractivity contribution is 14.0. The van der Waals surface area contributed by atoms with E-state index in [9.17, 15) is 13.2 Å². The molecule has 0 fully saturated rings. The lowest BCUT2D eigenvalue weighted by Crippen LogP contribution is -2.23. The molecule has 0 saturated carbocycles. The molecule has 2 aromatic carbocycles. The summed E-state index contributed by atoms with van der Waals surface area (Å²) in [5.74, 6) is 1.26. The second-order valence-electron chi connectivity index (χ2n) is 5.35. The molecule has 3 N–H and O–H groups in total. The van der Waals surface area contributed by atoms with Crippen LogP contribution in [0.1, 0.15) is 6.42 Å². The number of hydrogen-bond donors (Lipinski definition) is 2. The number of ether oxygens (including phenoxy) is 3. The summed E-state index contributed by atoms with van der Waals surface area (Å²) < 4.78 is 50.8. The van der Waals surface area contributed by atoms with Crippen LogP contribution in [0.2, 0.25) is 0 Å². The monoisotopic (exact) mass is 511 g/mol. The summed E-state index contributed by atoms with van der Waals surface area (Å²) in [6, 6.07) is 12.5. The maximum absolute atomic E-state index is 12.1. The van der Waals surface area contributed by atoms with E-state index in [-0.39, 0.29) is 35.7 Å². The Bertz CT molecular complexity index is 756. The number of nitrogens with two attached hydrogens (primary N) is 1. The Balaban J connectivity index is 0.00000392. The molecule has 0 aliphatic heterocycles. The van der Waals surface area contributed by atoms with Gasteiger partial charge in [0.2, 0.25) is 0 Å². The van der Waals surface area contributed by atoms with E-state index >= 15 is 0 Å². The minimum absolute atomic E-state index is 0. The van der Waals surface area contributed by atoms with Crippen molar-refractivity contribution in [3.63, 3.8) is 0 Å². The van der Waals surface area contributed by atoms with Gasteiger partial charge in [-0.2, -0.15) is 0 Å². The van der Waals surface area contributed by atoms with Crippen molar-refractivity contribution in [2.45, 2.75) is 12.8 Å². The minimum Gasteiger partial charge on any atom is -0.497 e. The molecule has 2 rings (SSSR count). The predicted molar refractivity (Wildman–Crippen MR) is 112 cm³/mol. The van der Waals surface area contributed by atoms with E-state index in [0.717, 1.165) is 0 Å². The average Bonchev–Trinajstić information content (AvgIpc) is 2.62. The van der Waals surface area contributed by atoms with Gasteiger partial charge in [-0.1, -0.05) is 6.07 Å². The molecule has 10 heteroatoms. The van der Waals surface area contributed by atoms with Gasteiger partial charge in [0.25, 0.3) is 0 Å². The van der Waals surface area contributed by atoms with Crippen LogP contribution in [0, 0.1) is 0 Å². The van der Waals surface area contributed by atoms with Crippen LogP contribution in [-0.2, 0) is 0 Å². The summed E-state index contributed by atoms with van der Waals surface area (Å²) in [5.41, 5.74) is 6.25. The molecule has 154 valence electrons. The third-order valence-corrected chi connectivity index (χ3v) is 3.25. The zero-order valence-electron chi connectivity index (χ0n) is 15.0. The van der Waals surface area contributed by atoms with Gasteiger partial charge in [-0.05, 0) is 36.4 Å². The normalized spacial score (nSPS) is 11.4. The van der Waals surface area contributed by atoms with Crippen LogP contribution < -0.4 is 25.3 Å². The van der Waals surface area contributed by atoms with Crippen molar-refractivity contribution in [2.24, 2.45) is 10.7 Å².